The lowest BCUT2D eigenvalue weighted by Gasteiger charge is -2.39. The van der Waals surface area contributed by atoms with Crippen molar-refractivity contribution < 1.29 is 23.9 Å². The van der Waals surface area contributed by atoms with E-state index < -0.39 is 24.2 Å². The molecule has 0 aromatic heterocycles. The average Bonchev–Trinajstić information content (AvgIpc) is 3.72. The second-order valence-electron chi connectivity index (χ2n) is 17.2. The number of ether oxygens (including phenoxy) is 1. The lowest BCUT2D eigenvalue weighted by atomic mass is 9.95. The molecular formula is C46H68N6O5. The molecule has 5 atom stereocenters. The van der Waals surface area contributed by atoms with E-state index in [0.29, 0.717) is 31.5 Å². The maximum atomic E-state index is 14.2. The molecule has 0 spiro atoms. The third-order valence-electron chi connectivity index (χ3n) is 12.1. The number of nitrogens with zero attached hydrogens (tertiary/aromatic N) is 5. The lowest BCUT2D eigenvalue weighted by molar-refractivity contribution is -0.158. The molecule has 3 saturated heterocycles. The summed E-state index contributed by atoms with van der Waals surface area (Å²) in [6.07, 6.45) is 5.46. The Morgan fingerprint density at radius 1 is 0.789 bits per heavy atom. The zero-order valence-corrected chi connectivity index (χ0v) is 35.7. The number of likely N-dealkylation sites (tertiary alicyclic amines) is 2. The summed E-state index contributed by atoms with van der Waals surface area (Å²) in [7, 11) is 1.76. The van der Waals surface area contributed by atoms with E-state index in [9.17, 15) is 19.2 Å². The van der Waals surface area contributed by atoms with Crippen molar-refractivity contribution in [2.24, 2.45) is 11.8 Å². The van der Waals surface area contributed by atoms with Crippen LogP contribution in [0.2, 0.25) is 0 Å². The Labute approximate surface area is 341 Å². The highest BCUT2D eigenvalue weighted by Gasteiger charge is 2.39. The zero-order chi connectivity index (χ0) is 41.2. The second-order valence-corrected chi connectivity index (χ2v) is 17.2. The molecule has 3 heterocycles. The SMILES string of the molecule is C/C(=C\[C@H](C(C)C)N(C)C(=O)[C@@H](NC(=O)C1CCCCN1C(C)C)C(C)C)C(=O)N1CCC[C@H]1C(=O)OC(CN1CCN(c2ccccc2)CC1)c1ccccc1. The molecule has 2 aromatic rings. The molecule has 3 aliphatic heterocycles. The highest BCUT2D eigenvalue weighted by atomic mass is 16.5. The first-order valence-electron chi connectivity index (χ1n) is 21.4. The Kier molecular flexibility index (Phi) is 15.8. The standard InChI is InChI=1S/C46H68N6O5/c1-32(2)40(48(8)45(55)42(33(3)4)47-43(53)38-22-15-16-24-51(38)34(5)6)30-35(7)44(54)52-25-17-23-39(52)46(56)57-41(36-18-11-9-12-19-36)31-49-26-28-50(29-27-49)37-20-13-10-14-21-37/h9-14,18-21,30,32-34,38-42H,15-17,22-29,31H2,1-8H3,(H,47,53)/b35-30+/t38?,39-,40+,41?,42-/m0/s1. The fourth-order valence-corrected chi connectivity index (χ4v) is 8.70. The van der Waals surface area contributed by atoms with Gasteiger partial charge in [0, 0.05) is 63.6 Å². The monoisotopic (exact) mass is 785 g/mol. The number of piperazine rings is 1. The molecule has 3 fully saturated rings. The number of anilines is 1. The second kappa shape index (κ2) is 20.5. The first-order valence-corrected chi connectivity index (χ1v) is 21.4. The van der Waals surface area contributed by atoms with Crippen LogP contribution in [-0.2, 0) is 23.9 Å². The summed E-state index contributed by atoms with van der Waals surface area (Å²) in [6.45, 7) is 19.3. The van der Waals surface area contributed by atoms with Crippen LogP contribution < -0.4 is 10.2 Å². The van der Waals surface area contributed by atoms with Crippen LogP contribution in [0.5, 0.6) is 0 Å². The summed E-state index contributed by atoms with van der Waals surface area (Å²) >= 11 is 0. The number of benzene rings is 2. The van der Waals surface area contributed by atoms with Crippen LogP contribution in [0.4, 0.5) is 5.69 Å². The third-order valence-corrected chi connectivity index (χ3v) is 12.1. The van der Waals surface area contributed by atoms with Crippen molar-refractivity contribution in [2.75, 3.05) is 57.8 Å². The van der Waals surface area contributed by atoms with Crippen LogP contribution in [-0.4, -0.2) is 126 Å². The summed E-state index contributed by atoms with van der Waals surface area (Å²) in [4.78, 5) is 66.3. The number of para-hydroxylation sites is 1. The quantitative estimate of drug-likeness (QED) is 0.176. The molecule has 0 radical (unpaired) electrons. The van der Waals surface area contributed by atoms with Gasteiger partial charge in [-0.05, 0) is 82.5 Å². The highest BCUT2D eigenvalue weighted by Crippen LogP contribution is 2.28. The Hall–Kier alpha value is -4.22. The van der Waals surface area contributed by atoms with Gasteiger partial charge in [-0.1, -0.05) is 88.7 Å². The summed E-state index contributed by atoms with van der Waals surface area (Å²) < 4.78 is 6.33. The summed E-state index contributed by atoms with van der Waals surface area (Å²) in [5.74, 6) is -1.04. The smallest absolute Gasteiger partial charge is 0.329 e. The van der Waals surface area contributed by atoms with Crippen molar-refractivity contribution in [2.45, 2.75) is 117 Å². The van der Waals surface area contributed by atoms with Gasteiger partial charge in [0.2, 0.25) is 17.7 Å². The van der Waals surface area contributed by atoms with E-state index in [1.807, 2.05) is 70.2 Å². The number of amides is 3. The van der Waals surface area contributed by atoms with Crippen molar-refractivity contribution in [1.82, 2.24) is 24.9 Å². The minimum atomic E-state index is -0.702. The summed E-state index contributed by atoms with van der Waals surface area (Å²) in [5.41, 5.74) is 2.62. The van der Waals surface area contributed by atoms with Crippen LogP contribution >= 0.6 is 0 Å². The van der Waals surface area contributed by atoms with Gasteiger partial charge < -0.3 is 24.8 Å². The lowest BCUT2D eigenvalue weighted by Crippen LogP contribution is -2.58. The predicted octanol–water partition coefficient (Wildman–Crippen LogP) is 5.92. The highest BCUT2D eigenvalue weighted by molar-refractivity contribution is 5.96. The maximum absolute atomic E-state index is 14.2. The van der Waals surface area contributed by atoms with Crippen molar-refractivity contribution in [3.8, 4) is 0 Å². The van der Waals surface area contributed by atoms with Gasteiger partial charge in [0.05, 0.1) is 12.1 Å². The number of hydrogen-bond donors (Lipinski definition) is 1. The van der Waals surface area contributed by atoms with Crippen LogP contribution in [0.3, 0.4) is 0 Å². The molecular weight excluding hydrogens is 717 g/mol. The Morgan fingerprint density at radius 2 is 1.42 bits per heavy atom. The first-order chi connectivity index (χ1) is 27.3. The van der Waals surface area contributed by atoms with E-state index in [1.54, 1.807) is 23.8 Å². The molecule has 2 aromatic carbocycles. The Morgan fingerprint density at radius 3 is 2.04 bits per heavy atom. The number of rotatable bonds is 15. The molecule has 0 bridgehead atoms. The van der Waals surface area contributed by atoms with Crippen molar-refractivity contribution >= 4 is 29.4 Å². The minimum absolute atomic E-state index is 0.0134. The number of carbonyl (C=O) groups excluding carboxylic acids is 4. The Balaban J connectivity index is 1.24. The largest absolute Gasteiger partial charge is 0.455 e. The normalized spacial score (nSPS) is 21.4. The average molecular weight is 785 g/mol. The van der Waals surface area contributed by atoms with E-state index in [0.717, 1.165) is 57.5 Å². The van der Waals surface area contributed by atoms with Gasteiger partial charge in [-0.25, -0.2) is 4.79 Å². The van der Waals surface area contributed by atoms with Crippen molar-refractivity contribution in [3.05, 3.63) is 77.9 Å². The number of hydrogen-bond acceptors (Lipinski definition) is 8. The van der Waals surface area contributed by atoms with Crippen molar-refractivity contribution in [1.29, 1.82) is 0 Å². The maximum Gasteiger partial charge on any atom is 0.329 e. The molecule has 3 aliphatic rings. The van der Waals surface area contributed by atoms with Gasteiger partial charge in [-0.15, -0.1) is 0 Å². The van der Waals surface area contributed by atoms with Crippen LogP contribution in [0.1, 0.15) is 92.2 Å². The van der Waals surface area contributed by atoms with Gasteiger partial charge >= 0.3 is 5.97 Å². The summed E-state index contributed by atoms with van der Waals surface area (Å²) in [5, 5.41) is 3.12. The molecule has 2 unspecified atom stereocenters. The molecule has 0 aliphatic carbocycles. The number of piperidine rings is 1. The molecule has 1 N–H and O–H groups in total. The molecule has 57 heavy (non-hydrogen) atoms. The molecule has 11 heteroatoms. The van der Waals surface area contributed by atoms with E-state index in [-0.39, 0.29) is 47.6 Å². The van der Waals surface area contributed by atoms with Gasteiger partial charge in [-0.3, -0.25) is 24.2 Å². The molecule has 11 nitrogen and oxygen atoms in total. The van der Waals surface area contributed by atoms with E-state index in [2.05, 4.69) is 58.1 Å². The fourth-order valence-electron chi connectivity index (χ4n) is 8.70. The van der Waals surface area contributed by atoms with Crippen molar-refractivity contribution in [3.63, 3.8) is 0 Å². The zero-order valence-electron chi connectivity index (χ0n) is 35.7. The van der Waals surface area contributed by atoms with Gasteiger partial charge in [0.25, 0.3) is 0 Å². The summed E-state index contributed by atoms with van der Waals surface area (Å²) in [6, 6.07) is 18.5. The van der Waals surface area contributed by atoms with Crippen LogP contribution in [0, 0.1) is 11.8 Å². The predicted molar refractivity (Wildman–Crippen MR) is 227 cm³/mol. The van der Waals surface area contributed by atoms with Gasteiger partial charge in [-0.2, -0.15) is 0 Å². The molecule has 0 saturated carbocycles. The van der Waals surface area contributed by atoms with Crippen LogP contribution in [0.15, 0.2) is 72.3 Å². The van der Waals surface area contributed by atoms with E-state index in [1.165, 1.54) is 5.69 Å². The van der Waals surface area contributed by atoms with Gasteiger partial charge in [0.1, 0.15) is 18.2 Å². The molecule has 5 rings (SSSR count). The molecule has 312 valence electrons. The number of likely N-dealkylation sites (N-methyl/N-ethyl adjacent to an activating group) is 1. The third kappa shape index (κ3) is 11.3. The van der Waals surface area contributed by atoms with E-state index in [4.69, 9.17) is 4.74 Å². The van der Waals surface area contributed by atoms with E-state index >= 15 is 0 Å². The number of esters is 1. The minimum Gasteiger partial charge on any atom is -0.455 e. The number of nitrogens with one attached hydrogen (secondary N) is 1. The first kappa shape index (κ1) is 43.9. The Bertz CT molecular complexity index is 1660. The fraction of sp³-hybridized carbons (Fsp3) is 0.609. The topological polar surface area (TPSA) is 106 Å². The van der Waals surface area contributed by atoms with Gasteiger partial charge in [0.15, 0.2) is 0 Å². The number of carbonyl (C=O) groups is 4. The molecule has 3 amide bonds. The van der Waals surface area contributed by atoms with Crippen LogP contribution in [0.25, 0.3) is 0 Å².